The predicted molar refractivity (Wildman–Crippen MR) is 94.9 cm³/mol. The number of carbonyl (C=O) groups excluding carboxylic acids is 2. The molecule has 0 aliphatic heterocycles. The summed E-state index contributed by atoms with van der Waals surface area (Å²) in [4.78, 5) is 23.4. The van der Waals surface area contributed by atoms with Crippen LogP contribution in [-0.2, 0) is 24.6 Å². The normalized spacial score (nSPS) is 12.2. The van der Waals surface area contributed by atoms with E-state index in [1.54, 1.807) is 38.1 Å². The van der Waals surface area contributed by atoms with Gasteiger partial charge in [-0.05, 0) is 31.5 Å². The molecule has 0 saturated carbocycles. The zero-order chi connectivity index (χ0) is 18.9. The molecule has 0 radical (unpaired) electrons. The van der Waals surface area contributed by atoms with Gasteiger partial charge in [0.1, 0.15) is 6.04 Å². The molecule has 0 unspecified atom stereocenters. The lowest BCUT2D eigenvalue weighted by Crippen LogP contribution is -2.44. The summed E-state index contributed by atoms with van der Waals surface area (Å²) < 4.78 is 23.0. The van der Waals surface area contributed by atoms with E-state index in [4.69, 9.17) is 21.2 Å². The Morgan fingerprint density at radius 3 is 2.24 bits per heavy atom. The largest absolute Gasteiger partial charge is 0.368 e. The van der Waals surface area contributed by atoms with E-state index in [0.717, 1.165) is 0 Å². The number of primary amides is 1. The molecule has 0 aliphatic rings. The third-order valence-corrected chi connectivity index (χ3v) is 5.27. The van der Waals surface area contributed by atoms with Crippen LogP contribution in [0.2, 0.25) is 0 Å². The van der Waals surface area contributed by atoms with Gasteiger partial charge >= 0.3 is 7.60 Å². The van der Waals surface area contributed by atoms with Crippen LogP contribution in [0.15, 0.2) is 24.3 Å². The van der Waals surface area contributed by atoms with E-state index in [9.17, 15) is 14.2 Å². The van der Waals surface area contributed by atoms with E-state index in [2.05, 4.69) is 11.2 Å². The van der Waals surface area contributed by atoms with E-state index in [1.165, 1.54) is 0 Å². The zero-order valence-electron chi connectivity index (χ0n) is 14.4. The van der Waals surface area contributed by atoms with E-state index >= 15 is 0 Å². The van der Waals surface area contributed by atoms with Crippen molar-refractivity contribution < 1.29 is 23.2 Å². The summed E-state index contributed by atoms with van der Waals surface area (Å²) in [6, 6.07) is 5.50. The zero-order valence-corrected chi connectivity index (χ0v) is 15.3. The first-order chi connectivity index (χ1) is 11.8. The molecular formula is C17H23N2O5P. The molecule has 0 aliphatic carbocycles. The quantitative estimate of drug-likeness (QED) is 0.487. The van der Waals surface area contributed by atoms with Gasteiger partial charge in [-0.2, -0.15) is 0 Å². The molecule has 136 valence electrons. The third kappa shape index (κ3) is 6.71. The molecule has 0 aromatic heterocycles. The molecule has 25 heavy (non-hydrogen) atoms. The fraction of sp³-hybridized carbons (Fsp3) is 0.412. The van der Waals surface area contributed by atoms with Crippen LogP contribution in [0, 0.1) is 12.3 Å². The van der Waals surface area contributed by atoms with Gasteiger partial charge in [0, 0.05) is 12.0 Å². The summed E-state index contributed by atoms with van der Waals surface area (Å²) in [5, 5.41) is 2.48. The SMILES string of the molecule is C#CC[C@@H](NC(=O)c1ccc(CP(=O)(OCC)OCC)cc1)C(N)=O. The maximum atomic E-state index is 12.5. The molecule has 0 spiro atoms. The van der Waals surface area contributed by atoms with Crippen molar-refractivity contribution in [2.75, 3.05) is 13.2 Å². The van der Waals surface area contributed by atoms with Crippen LogP contribution in [0.5, 0.6) is 0 Å². The Morgan fingerprint density at radius 1 is 1.24 bits per heavy atom. The number of amides is 2. The van der Waals surface area contributed by atoms with Gasteiger partial charge in [0.25, 0.3) is 5.91 Å². The standard InChI is InChI=1S/C17H23N2O5P/c1-4-7-15(16(18)20)19-17(21)14-10-8-13(9-11-14)12-25(22,23-5-2)24-6-3/h1,8-11,15H,5-7,12H2,2-3H3,(H2,18,20)(H,19,21)/t15-/m1/s1. The van der Waals surface area contributed by atoms with Gasteiger partial charge in [0.2, 0.25) is 5.91 Å². The minimum atomic E-state index is -3.21. The van der Waals surface area contributed by atoms with Crippen molar-refractivity contribution >= 4 is 19.4 Å². The highest BCUT2D eigenvalue weighted by Crippen LogP contribution is 2.51. The Hall–Kier alpha value is -2.13. The first-order valence-corrected chi connectivity index (χ1v) is 9.58. The van der Waals surface area contributed by atoms with E-state index < -0.39 is 25.5 Å². The second-order valence-electron chi connectivity index (χ2n) is 5.14. The predicted octanol–water partition coefficient (Wildman–Crippen LogP) is 2.06. The van der Waals surface area contributed by atoms with Crippen LogP contribution >= 0.6 is 7.60 Å². The molecule has 8 heteroatoms. The molecular weight excluding hydrogens is 343 g/mol. The van der Waals surface area contributed by atoms with Crippen molar-refractivity contribution in [3.05, 3.63) is 35.4 Å². The number of benzene rings is 1. The number of hydrogen-bond acceptors (Lipinski definition) is 5. The van der Waals surface area contributed by atoms with Gasteiger partial charge in [-0.1, -0.05) is 12.1 Å². The van der Waals surface area contributed by atoms with E-state index in [-0.39, 0.29) is 25.8 Å². The average molecular weight is 366 g/mol. The first kappa shape index (κ1) is 20.9. The Kier molecular flexibility index (Phi) is 8.36. The van der Waals surface area contributed by atoms with Gasteiger partial charge in [-0.15, -0.1) is 12.3 Å². The fourth-order valence-corrected chi connectivity index (χ4v) is 3.79. The van der Waals surface area contributed by atoms with Crippen LogP contribution in [0.1, 0.15) is 36.2 Å². The second kappa shape index (κ2) is 10.00. The summed E-state index contributed by atoms with van der Waals surface area (Å²) in [5.41, 5.74) is 6.23. The highest BCUT2D eigenvalue weighted by atomic mass is 31.2. The van der Waals surface area contributed by atoms with E-state index in [1.807, 2.05) is 0 Å². The summed E-state index contributed by atoms with van der Waals surface area (Å²) in [6.07, 6.45) is 5.28. The Balaban J connectivity index is 2.81. The summed E-state index contributed by atoms with van der Waals surface area (Å²) in [5.74, 6) is 1.12. The molecule has 0 heterocycles. The number of nitrogens with one attached hydrogen (secondary N) is 1. The topological polar surface area (TPSA) is 108 Å². The van der Waals surface area contributed by atoms with Crippen LogP contribution < -0.4 is 11.1 Å². The van der Waals surface area contributed by atoms with Crippen LogP contribution in [0.3, 0.4) is 0 Å². The number of carbonyl (C=O) groups is 2. The molecule has 7 nitrogen and oxygen atoms in total. The van der Waals surface area contributed by atoms with Gasteiger partial charge in [0.15, 0.2) is 0 Å². The number of hydrogen-bond donors (Lipinski definition) is 2. The number of nitrogens with two attached hydrogens (primary N) is 1. The average Bonchev–Trinajstić information content (AvgIpc) is 2.55. The minimum Gasteiger partial charge on any atom is -0.368 e. The van der Waals surface area contributed by atoms with Crippen molar-refractivity contribution in [1.29, 1.82) is 0 Å². The van der Waals surface area contributed by atoms with E-state index in [0.29, 0.717) is 11.1 Å². The van der Waals surface area contributed by atoms with Crippen molar-refractivity contribution in [2.24, 2.45) is 5.73 Å². The molecule has 1 aromatic rings. The van der Waals surface area contributed by atoms with Crippen molar-refractivity contribution in [3.63, 3.8) is 0 Å². The lowest BCUT2D eigenvalue weighted by atomic mass is 10.1. The molecule has 0 saturated heterocycles. The Labute approximate surface area is 147 Å². The van der Waals surface area contributed by atoms with Crippen LogP contribution in [0.4, 0.5) is 0 Å². The smallest absolute Gasteiger partial charge is 0.335 e. The van der Waals surface area contributed by atoms with Gasteiger partial charge < -0.3 is 20.1 Å². The monoisotopic (exact) mass is 366 g/mol. The van der Waals surface area contributed by atoms with Crippen molar-refractivity contribution in [3.8, 4) is 12.3 Å². The van der Waals surface area contributed by atoms with Crippen molar-refractivity contribution in [1.82, 2.24) is 5.32 Å². The Morgan fingerprint density at radius 2 is 1.80 bits per heavy atom. The van der Waals surface area contributed by atoms with Crippen molar-refractivity contribution in [2.45, 2.75) is 32.5 Å². The molecule has 0 bridgehead atoms. The fourth-order valence-electron chi connectivity index (χ4n) is 2.09. The summed E-state index contributed by atoms with van der Waals surface area (Å²) >= 11 is 0. The van der Waals surface area contributed by atoms with Crippen LogP contribution in [0.25, 0.3) is 0 Å². The molecule has 1 atom stereocenters. The maximum Gasteiger partial charge on any atom is 0.335 e. The lowest BCUT2D eigenvalue weighted by Gasteiger charge is -2.17. The molecule has 1 aromatic carbocycles. The maximum absolute atomic E-state index is 12.5. The summed E-state index contributed by atoms with van der Waals surface area (Å²) in [6.45, 7) is 4.04. The van der Waals surface area contributed by atoms with Gasteiger partial charge in [-0.25, -0.2) is 0 Å². The van der Waals surface area contributed by atoms with Crippen LogP contribution in [-0.4, -0.2) is 31.1 Å². The van der Waals surface area contributed by atoms with Gasteiger partial charge in [-0.3, -0.25) is 14.2 Å². The third-order valence-electron chi connectivity index (χ3n) is 3.21. The number of rotatable bonds is 10. The molecule has 1 rings (SSSR count). The highest BCUT2D eigenvalue weighted by Gasteiger charge is 2.24. The Bertz CT molecular complexity index is 671. The lowest BCUT2D eigenvalue weighted by molar-refractivity contribution is -0.119. The molecule has 0 fully saturated rings. The molecule has 2 amide bonds. The molecule has 3 N–H and O–H groups in total. The first-order valence-electron chi connectivity index (χ1n) is 7.86. The number of terminal acetylenes is 1. The highest BCUT2D eigenvalue weighted by molar-refractivity contribution is 7.53. The second-order valence-corrected chi connectivity index (χ2v) is 7.19. The van der Waals surface area contributed by atoms with Gasteiger partial charge in [0.05, 0.1) is 19.4 Å². The minimum absolute atomic E-state index is 0.0189. The summed E-state index contributed by atoms with van der Waals surface area (Å²) in [7, 11) is -3.21.